The molecule has 1 unspecified atom stereocenters. The van der Waals surface area contributed by atoms with E-state index in [0.717, 1.165) is 19.1 Å². The molecular formula is C14H24N2S. The molecule has 1 atom stereocenters. The molecule has 0 amide bonds. The van der Waals surface area contributed by atoms with Gasteiger partial charge in [0.15, 0.2) is 0 Å². The number of rotatable bonds is 8. The van der Waals surface area contributed by atoms with Gasteiger partial charge < -0.3 is 5.32 Å². The Morgan fingerprint density at radius 2 is 2.35 bits per heavy atom. The first-order chi connectivity index (χ1) is 8.29. The summed E-state index contributed by atoms with van der Waals surface area (Å²) in [5, 5.41) is 8.04. The maximum atomic E-state index is 3.59. The molecule has 96 valence electrons. The van der Waals surface area contributed by atoms with Gasteiger partial charge in [0.1, 0.15) is 0 Å². The summed E-state index contributed by atoms with van der Waals surface area (Å²) in [5.41, 5.74) is 1.48. The monoisotopic (exact) mass is 252 g/mol. The topological polar surface area (TPSA) is 15.3 Å². The summed E-state index contributed by atoms with van der Waals surface area (Å²) in [6.07, 6.45) is 4.01. The highest BCUT2D eigenvalue weighted by Gasteiger charge is 2.28. The van der Waals surface area contributed by atoms with Crippen molar-refractivity contribution in [1.82, 2.24) is 10.2 Å². The van der Waals surface area contributed by atoms with Gasteiger partial charge in [-0.2, -0.15) is 11.3 Å². The SMILES string of the molecule is CCC(C)NCCN(Cc1ccsc1)C1CC1. The van der Waals surface area contributed by atoms with Crippen molar-refractivity contribution < 1.29 is 0 Å². The Labute approximate surface area is 109 Å². The van der Waals surface area contributed by atoms with Gasteiger partial charge in [0.25, 0.3) is 0 Å². The fraction of sp³-hybridized carbons (Fsp3) is 0.714. The molecule has 0 aromatic carbocycles. The molecule has 1 fully saturated rings. The second kappa shape index (κ2) is 6.53. The standard InChI is InChI=1S/C14H24N2S/c1-3-12(2)15-7-8-16(14-4-5-14)10-13-6-9-17-11-13/h6,9,11-12,14-15H,3-5,7-8,10H2,1-2H3. The summed E-state index contributed by atoms with van der Waals surface area (Å²) in [6.45, 7) is 7.94. The first kappa shape index (κ1) is 13.1. The number of nitrogens with one attached hydrogen (secondary N) is 1. The second-order valence-electron chi connectivity index (χ2n) is 5.10. The summed E-state index contributed by atoms with van der Waals surface area (Å²) < 4.78 is 0. The average Bonchev–Trinajstić information content (AvgIpc) is 3.06. The van der Waals surface area contributed by atoms with Crippen LogP contribution in [0.2, 0.25) is 0 Å². The second-order valence-corrected chi connectivity index (χ2v) is 5.88. The molecule has 0 bridgehead atoms. The normalized spacial score (nSPS) is 17.6. The van der Waals surface area contributed by atoms with E-state index < -0.39 is 0 Å². The molecule has 3 heteroatoms. The summed E-state index contributed by atoms with van der Waals surface area (Å²) in [7, 11) is 0. The van der Waals surface area contributed by atoms with Gasteiger partial charge in [-0.3, -0.25) is 4.90 Å². The van der Waals surface area contributed by atoms with Gasteiger partial charge in [-0.25, -0.2) is 0 Å². The van der Waals surface area contributed by atoms with Crippen LogP contribution in [-0.4, -0.2) is 30.1 Å². The minimum absolute atomic E-state index is 0.650. The lowest BCUT2D eigenvalue weighted by molar-refractivity contribution is 0.251. The summed E-state index contributed by atoms with van der Waals surface area (Å²) >= 11 is 1.80. The van der Waals surface area contributed by atoms with Gasteiger partial charge in [-0.1, -0.05) is 6.92 Å². The molecule has 1 aromatic rings. The average molecular weight is 252 g/mol. The molecule has 1 heterocycles. The summed E-state index contributed by atoms with van der Waals surface area (Å²) in [4.78, 5) is 2.64. The highest BCUT2D eigenvalue weighted by molar-refractivity contribution is 7.07. The van der Waals surface area contributed by atoms with Gasteiger partial charge in [0.2, 0.25) is 0 Å². The van der Waals surface area contributed by atoms with Gasteiger partial charge >= 0.3 is 0 Å². The maximum absolute atomic E-state index is 3.59. The molecule has 0 radical (unpaired) electrons. The lowest BCUT2D eigenvalue weighted by Gasteiger charge is -2.22. The minimum atomic E-state index is 0.650. The first-order valence-electron chi connectivity index (χ1n) is 6.78. The van der Waals surface area contributed by atoms with E-state index in [0.29, 0.717) is 6.04 Å². The van der Waals surface area contributed by atoms with Crippen LogP contribution in [0.15, 0.2) is 16.8 Å². The molecule has 2 nitrogen and oxygen atoms in total. The Bertz CT molecular complexity index is 306. The summed E-state index contributed by atoms with van der Waals surface area (Å²) in [6, 6.07) is 3.76. The zero-order valence-electron chi connectivity index (χ0n) is 11.0. The highest BCUT2D eigenvalue weighted by atomic mass is 32.1. The van der Waals surface area contributed by atoms with E-state index in [4.69, 9.17) is 0 Å². The lowest BCUT2D eigenvalue weighted by atomic mass is 10.2. The Morgan fingerprint density at radius 1 is 1.53 bits per heavy atom. The van der Waals surface area contributed by atoms with Crippen LogP contribution in [0.25, 0.3) is 0 Å². The van der Waals surface area contributed by atoms with Crippen molar-refractivity contribution in [1.29, 1.82) is 0 Å². The number of nitrogens with zero attached hydrogens (tertiary/aromatic N) is 1. The van der Waals surface area contributed by atoms with Crippen LogP contribution in [0.3, 0.4) is 0 Å². The molecule has 17 heavy (non-hydrogen) atoms. The quantitative estimate of drug-likeness (QED) is 0.765. The van der Waals surface area contributed by atoms with E-state index in [9.17, 15) is 0 Å². The van der Waals surface area contributed by atoms with Crippen molar-refractivity contribution in [3.05, 3.63) is 22.4 Å². The molecule has 0 aliphatic heterocycles. The minimum Gasteiger partial charge on any atom is -0.313 e. The zero-order valence-corrected chi connectivity index (χ0v) is 11.8. The number of hydrogen-bond acceptors (Lipinski definition) is 3. The first-order valence-corrected chi connectivity index (χ1v) is 7.72. The van der Waals surface area contributed by atoms with Gasteiger partial charge in [-0.05, 0) is 48.6 Å². The highest BCUT2D eigenvalue weighted by Crippen LogP contribution is 2.28. The fourth-order valence-corrected chi connectivity index (χ4v) is 2.71. The predicted molar refractivity (Wildman–Crippen MR) is 75.5 cm³/mol. The van der Waals surface area contributed by atoms with Crippen LogP contribution < -0.4 is 5.32 Å². The van der Waals surface area contributed by atoms with Crippen LogP contribution in [0.5, 0.6) is 0 Å². The third-order valence-corrected chi connectivity index (χ3v) is 4.27. The van der Waals surface area contributed by atoms with E-state index in [2.05, 4.69) is 40.9 Å². The van der Waals surface area contributed by atoms with E-state index in [-0.39, 0.29) is 0 Å². The molecule has 1 aromatic heterocycles. The molecule has 1 aliphatic rings. The van der Waals surface area contributed by atoms with Crippen LogP contribution in [0, 0.1) is 0 Å². The van der Waals surface area contributed by atoms with Crippen LogP contribution in [-0.2, 0) is 6.54 Å². The van der Waals surface area contributed by atoms with Crippen molar-refractivity contribution in [2.75, 3.05) is 13.1 Å². The Hall–Kier alpha value is -0.380. The largest absolute Gasteiger partial charge is 0.313 e. The maximum Gasteiger partial charge on any atom is 0.0245 e. The van der Waals surface area contributed by atoms with E-state index in [1.807, 2.05) is 0 Å². The van der Waals surface area contributed by atoms with Gasteiger partial charge in [0.05, 0.1) is 0 Å². The molecule has 0 spiro atoms. The Kier molecular flexibility index (Phi) is 5.01. The Balaban J connectivity index is 1.73. The van der Waals surface area contributed by atoms with Crippen molar-refractivity contribution >= 4 is 11.3 Å². The summed E-state index contributed by atoms with van der Waals surface area (Å²) in [5.74, 6) is 0. The predicted octanol–water partition coefficient (Wildman–Crippen LogP) is 3.10. The van der Waals surface area contributed by atoms with Crippen molar-refractivity contribution in [3.8, 4) is 0 Å². The van der Waals surface area contributed by atoms with Gasteiger partial charge in [0, 0.05) is 31.7 Å². The molecule has 0 saturated heterocycles. The Morgan fingerprint density at radius 3 is 2.94 bits per heavy atom. The third-order valence-electron chi connectivity index (χ3n) is 3.53. The molecule has 1 saturated carbocycles. The number of hydrogen-bond donors (Lipinski definition) is 1. The molecule has 2 rings (SSSR count). The van der Waals surface area contributed by atoms with Crippen molar-refractivity contribution in [3.63, 3.8) is 0 Å². The molecule has 1 aliphatic carbocycles. The molecule has 1 N–H and O–H groups in total. The molecular weight excluding hydrogens is 228 g/mol. The van der Waals surface area contributed by atoms with Gasteiger partial charge in [-0.15, -0.1) is 0 Å². The van der Waals surface area contributed by atoms with Crippen LogP contribution in [0.1, 0.15) is 38.7 Å². The number of thiophene rings is 1. The van der Waals surface area contributed by atoms with Crippen molar-refractivity contribution in [2.45, 2.75) is 51.7 Å². The van der Waals surface area contributed by atoms with Crippen molar-refractivity contribution in [2.24, 2.45) is 0 Å². The van der Waals surface area contributed by atoms with E-state index in [1.54, 1.807) is 11.3 Å². The zero-order chi connectivity index (χ0) is 12.1. The van der Waals surface area contributed by atoms with Crippen LogP contribution >= 0.6 is 11.3 Å². The fourth-order valence-electron chi connectivity index (χ4n) is 2.05. The van der Waals surface area contributed by atoms with Crippen LogP contribution in [0.4, 0.5) is 0 Å². The van der Waals surface area contributed by atoms with E-state index >= 15 is 0 Å². The third kappa shape index (κ3) is 4.41. The smallest absolute Gasteiger partial charge is 0.0245 e. The van der Waals surface area contributed by atoms with E-state index in [1.165, 1.54) is 31.4 Å². The lowest BCUT2D eigenvalue weighted by Crippen LogP contribution is -2.36.